The Morgan fingerprint density at radius 2 is 1.83 bits per heavy atom. The van der Waals surface area contributed by atoms with Crippen molar-refractivity contribution in [2.45, 2.75) is 18.8 Å². The SMILES string of the molecule is COC(=O)[C@H]1NC(=O)O[C@H]1c1ccc(OCc2ccccc2)cc1. The normalized spacial score (nSPS) is 19.3. The van der Waals surface area contributed by atoms with Crippen molar-refractivity contribution in [1.29, 1.82) is 0 Å². The Morgan fingerprint density at radius 1 is 1.12 bits per heavy atom. The third-order valence-corrected chi connectivity index (χ3v) is 3.72. The number of esters is 1. The van der Waals surface area contributed by atoms with Gasteiger partial charge in [0, 0.05) is 0 Å². The molecule has 1 aliphatic heterocycles. The van der Waals surface area contributed by atoms with Gasteiger partial charge in [0.05, 0.1) is 7.11 Å². The molecule has 0 aromatic heterocycles. The second kappa shape index (κ2) is 7.04. The number of cyclic esters (lactones) is 1. The van der Waals surface area contributed by atoms with E-state index < -0.39 is 24.2 Å². The molecule has 0 saturated carbocycles. The van der Waals surface area contributed by atoms with Gasteiger partial charge in [-0.25, -0.2) is 9.59 Å². The second-order valence-corrected chi connectivity index (χ2v) is 5.31. The number of nitrogens with one attached hydrogen (secondary N) is 1. The Balaban J connectivity index is 1.67. The molecule has 6 heteroatoms. The maximum Gasteiger partial charge on any atom is 0.408 e. The van der Waals surface area contributed by atoms with E-state index in [4.69, 9.17) is 9.47 Å². The van der Waals surface area contributed by atoms with Gasteiger partial charge in [-0.2, -0.15) is 0 Å². The van der Waals surface area contributed by atoms with Gasteiger partial charge < -0.3 is 19.5 Å². The highest BCUT2D eigenvalue weighted by Crippen LogP contribution is 2.28. The summed E-state index contributed by atoms with van der Waals surface area (Å²) in [6.45, 7) is 0.463. The second-order valence-electron chi connectivity index (χ2n) is 5.31. The van der Waals surface area contributed by atoms with E-state index in [1.165, 1.54) is 7.11 Å². The minimum Gasteiger partial charge on any atom is -0.489 e. The van der Waals surface area contributed by atoms with Crippen LogP contribution in [0.4, 0.5) is 4.79 Å². The van der Waals surface area contributed by atoms with Crippen molar-refractivity contribution in [3.63, 3.8) is 0 Å². The number of rotatable bonds is 5. The van der Waals surface area contributed by atoms with Crippen LogP contribution in [-0.4, -0.2) is 25.2 Å². The van der Waals surface area contributed by atoms with E-state index in [-0.39, 0.29) is 0 Å². The van der Waals surface area contributed by atoms with Gasteiger partial charge in [0.25, 0.3) is 0 Å². The molecule has 1 aliphatic rings. The number of alkyl carbamates (subject to hydrolysis) is 1. The van der Waals surface area contributed by atoms with E-state index in [2.05, 4.69) is 10.1 Å². The summed E-state index contributed by atoms with van der Waals surface area (Å²) in [5.74, 6) is 0.143. The fourth-order valence-corrected chi connectivity index (χ4v) is 2.48. The highest BCUT2D eigenvalue weighted by molar-refractivity contribution is 5.85. The van der Waals surface area contributed by atoms with Gasteiger partial charge in [0.1, 0.15) is 12.4 Å². The summed E-state index contributed by atoms with van der Waals surface area (Å²) in [6.07, 6.45) is -1.35. The lowest BCUT2D eigenvalue weighted by molar-refractivity contribution is -0.144. The summed E-state index contributed by atoms with van der Waals surface area (Å²) < 4.78 is 15.6. The molecule has 1 heterocycles. The third-order valence-electron chi connectivity index (χ3n) is 3.72. The van der Waals surface area contributed by atoms with Crippen molar-refractivity contribution in [3.8, 4) is 5.75 Å². The molecule has 0 unspecified atom stereocenters. The molecular formula is C18H17NO5. The average Bonchev–Trinajstić information content (AvgIpc) is 3.02. The smallest absolute Gasteiger partial charge is 0.408 e. The Labute approximate surface area is 139 Å². The standard InChI is InChI=1S/C18H17NO5/c1-22-17(20)15-16(24-18(21)19-15)13-7-9-14(10-8-13)23-11-12-5-3-2-4-6-12/h2-10,15-16H,11H2,1H3,(H,19,21)/t15-,16-/m0/s1. The topological polar surface area (TPSA) is 73.9 Å². The van der Waals surface area contributed by atoms with Gasteiger partial charge in [0.2, 0.25) is 0 Å². The van der Waals surface area contributed by atoms with Crippen molar-refractivity contribution in [3.05, 3.63) is 65.7 Å². The predicted octanol–water partition coefficient (Wildman–Crippen LogP) is 2.59. The molecular weight excluding hydrogens is 310 g/mol. The molecule has 124 valence electrons. The van der Waals surface area contributed by atoms with Gasteiger partial charge in [-0.15, -0.1) is 0 Å². The van der Waals surface area contributed by atoms with Crippen LogP contribution in [0.5, 0.6) is 5.75 Å². The number of ether oxygens (including phenoxy) is 3. The molecule has 1 fully saturated rings. The number of amides is 1. The molecule has 1 amide bonds. The molecule has 6 nitrogen and oxygen atoms in total. The van der Waals surface area contributed by atoms with Gasteiger partial charge in [0.15, 0.2) is 12.1 Å². The van der Waals surface area contributed by atoms with E-state index >= 15 is 0 Å². The zero-order chi connectivity index (χ0) is 16.9. The molecule has 2 aromatic rings. The molecule has 2 atom stereocenters. The highest BCUT2D eigenvalue weighted by Gasteiger charge is 2.41. The van der Waals surface area contributed by atoms with E-state index in [9.17, 15) is 9.59 Å². The first-order valence-electron chi connectivity index (χ1n) is 7.49. The molecule has 3 rings (SSSR count). The number of carbonyl (C=O) groups excluding carboxylic acids is 2. The number of carbonyl (C=O) groups is 2. The van der Waals surface area contributed by atoms with Crippen molar-refractivity contribution >= 4 is 12.1 Å². The summed E-state index contributed by atoms with van der Waals surface area (Å²) in [5.41, 5.74) is 1.76. The zero-order valence-corrected chi connectivity index (χ0v) is 13.1. The largest absolute Gasteiger partial charge is 0.489 e. The van der Waals surface area contributed by atoms with Crippen LogP contribution in [0, 0.1) is 0 Å². The molecule has 1 N–H and O–H groups in total. The lowest BCUT2D eigenvalue weighted by atomic mass is 10.0. The molecule has 24 heavy (non-hydrogen) atoms. The monoisotopic (exact) mass is 327 g/mol. The fourth-order valence-electron chi connectivity index (χ4n) is 2.48. The summed E-state index contributed by atoms with van der Waals surface area (Å²) >= 11 is 0. The highest BCUT2D eigenvalue weighted by atomic mass is 16.6. The molecule has 2 aromatic carbocycles. The fraction of sp³-hybridized carbons (Fsp3) is 0.222. The van der Waals surface area contributed by atoms with Crippen LogP contribution < -0.4 is 10.1 Å². The molecule has 0 aliphatic carbocycles. The first kappa shape index (κ1) is 15.9. The van der Waals surface area contributed by atoms with Crippen LogP contribution in [0.25, 0.3) is 0 Å². The molecule has 0 bridgehead atoms. The maximum atomic E-state index is 11.7. The van der Waals surface area contributed by atoms with Gasteiger partial charge >= 0.3 is 12.1 Å². The van der Waals surface area contributed by atoms with Crippen LogP contribution in [0.2, 0.25) is 0 Å². The minimum absolute atomic E-state index is 0.463. The van der Waals surface area contributed by atoms with Crippen LogP contribution in [0.15, 0.2) is 54.6 Å². The first-order chi connectivity index (χ1) is 11.7. The van der Waals surface area contributed by atoms with Gasteiger partial charge in [-0.05, 0) is 23.3 Å². The maximum absolute atomic E-state index is 11.7. The van der Waals surface area contributed by atoms with Crippen molar-refractivity contribution in [2.24, 2.45) is 0 Å². The quantitative estimate of drug-likeness (QED) is 0.855. The van der Waals surface area contributed by atoms with Gasteiger partial charge in [-0.3, -0.25) is 0 Å². The molecule has 0 radical (unpaired) electrons. The number of methoxy groups -OCH3 is 1. The Hall–Kier alpha value is -3.02. The average molecular weight is 327 g/mol. The van der Waals surface area contributed by atoms with E-state index in [0.717, 1.165) is 5.56 Å². The number of hydrogen-bond acceptors (Lipinski definition) is 5. The van der Waals surface area contributed by atoms with Gasteiger partial charge in [-0.1, -0.05) is 42.5 Å². The van der Waals surface area contributed by atoms with Crippen molar-refractivity contribution < 1.29 is 23.8 Å². The summed E-state index contributed by atoms with van der Waals surface area (Å²) in [7, 11) is 1.27. The zero-order valence-electron chi connectivity index (χ0n) is 13.1. The summed E-state index contributed by atoms with van der Waals surface area (Å²) in [4.78, 5) is 23.1. The number of hydrogen-bond donors (Lipinski definition) is 1. The lowest BCUT2D eigenvalue weighted by Gasteiger charge is -2.15. The summed E-state index contributed by atoms with van der Waals surface area (Å²) in [6, 6.07) is 16.1. The van der Waals surface area contributed by atoms with Crippen LogP contribution in [0.1, 0.15) is 17.2 Å². The Morgan fingerprint density at radius 3 is 2.50 bits per heavy atom. The Bertz CT molecular complexity index is 714. The van der Waals surface area contributed by atoms with E-state index in [1.54, 1.807) is 24.3 Å². The van der Waals surface area contributed by atoms with Crippen molar-refractivity contribution in [1.82, 2.24) is 5.32 Å². The first-order valence-corrected chi connectivity index (χ1v) is 7.49. The van der Waals surface area contributed by atoms with Crippen LogP contribution >= 0.6 is 0 Å². The van der Waals surface area contributed by atoms with Crippen LogP contribution in [0.3, 0.4) is 0 Å². The lowest BCUT2D eigenvalue weighted by Crippen LogP contribution is -2.36. The molecule has 0 spiro atoms. The van der Waals surface area contributed by atoms with E-state index in [1.807, 2.05) is 30.3 Å². The summed E-state index contributed by atoms with van der Waals surface area (Å²) in [5, 5.41) is 2.45. The van der Waals surface area contributed by atoms with E-state index in [0.29, 0.717) is 17.9 Å². The minimum atomic E-state index is -0.849. The van der Waals surface area contributed by atoms with Crippen molar-refractivity contribution in [2.75, 3.05) is 7.11 Å². The Kier molecular flexibility index (Phi) is 4.65. The van der Waals surface area contributed by atoms with Crippen LogP contribution in [-0.2, 0) is 20.9 Å². The predicted molar refractivity (Wildman–Crippen MR) is 85.4 cm³/mol. The molecule has 1 saturated heterocycles. The number of benzene rings is 2. The third kappa shape index (κ3) is 3.48.